The molecule has 3 atom stereocenters. The second-order valence-electron chi connectivity index (χ2n) is 7.83. The number of aromatic nitrogens is 1. The van der Waals surface area contributed by atoms with Crippen molar-refractivity contribution in [3.8, 4) is 5.75 Å². The molecule has 1 aromatic heterocycles. The fourth-order valence-corrected chi connectivity index (χ4v) is 4.64. The Kier molecular flexibility index (Phi) is 4.51. The van der Waals surface area contributed by atoms with E-state index in [0.717, 1.165) is 25.9 Å². The Morgan fingerprint density at radius 2 is 1.81 bits per heavy atom. The number of carbonyl (C=O) groups is 1. The summed E-state index contributed by atoms with van der Waals surface area (Å²) in [4.78, 5) is 18.5. The minimum atomic E-state index is -0.620. The minimum Gasteiger partial charge on any atom is -0.506 e. The molecule has 2 heterocycles. The van der Waals surface area contributed by atoms with E-state index in [1.165, 1.54) is 17.8 Å². The van der Waals surface area contributed by atoms with E-state index in [1.807, 2.05) is 18.2 Å². The van der Waals surface area contributed by atoms with E-state index in [4.69, 9.17) is 0 Å². The molecule has 2 aromatic rings. The first-order valence-electron chi connectivity index (χ1n) is 9.18. The maximum atomic E-state index is 12.4. The summed E-state index contributed by atoms with van der Waals surface area (Å²) in [6.45, 7) is 2.05. The van der Waals surface area contributed by atoms with Crippen molar-refractivity contribution in [2.45, 2.75) is 24.9 Å². The molecule has 136 valence electrons. The van der Waals surface area contributed by atoms with Gasteiger partial charge in [-0.25, -0.2) is 4.98 Å². The van der Waals surface area contributed by atoms with Gasteiger partial charge in [0.1, 0.15) is 11.4 Å². The van der Waals surface area contributed by atoms with Gasteiger partial charge in [0.05, 0.1) is 18.3 Å². The highest BCUT2D eigenvalue weighted by Crippen LogP contribution is 2.45. The van der Waals surface area contributed by atoms with Crippen LogP contribution in [0, 0.1) is 11.8 Å². The Hall–Kier alpha value is -2.24. The second kappa shape index (κ2) is 6.82. The number of hydrogen-bond acceptors (Lipinski definition) is 5. The van der Waals surface area contributed by atoms with Crippen LogP contribution in [0.2, 0.25) is 0 Å². The summed E-state index contributed by atoms with van der Waals surface area (Å²) in [5.41, 5.74) is 0.950. The van der Waals surface area contributed by atoms with Crippen LogP contribution in [0.15, 0.2) is 48.7 Å². The highest BCUT2D eigenvalue weighted by molar-refractivity contribution is 5.95. The molecule has 5 nitrogen and oxygen atoms in total. The number of aliphatic hydroxyl groups is 1. The van der Waals surface area contributed by atoms with E-state index >= 15 is 0 Å². The number of ketones is 1. The van der Waals surface area contributed by atoms with Gasteiger partial charge >= 0.3 is 0 Å². The van der Waals surface area contributed by atoms with Gasteiger partial charge in [-0.2, -0.15) is 0 Å². The molecule has 1 unspecified atom stereocenters. The molecule has 0 amide bonds. The van der Waals surface area contributed by atoms with Crippen LogP contribution in [0.25, 0.3) is 0 Å². The second-order valence-corrected chi connectivity index (χ2v) is 7.83. The van der Waals surface area contributed by atoms with E-state index in [9.17, 15) is 15.0 Å². The van der Waals surface area contributed by atoms with Gasteiger partial charge in [-0.05, 0) is 42.4 Å². The lowest BCUT2D eigenvalue weighted by Gasteiger charge is -2.26. The normalized spacial score (nSPS) is 28.2. The van der Waals surface area contributed by atoms with Crippen molar-refractivity contribution in [2.24, 2.45) is 11.8 Å². The van der Waals surface area contributed by atoms with Crippen LogP contribution >= 0.6 is 0 Å². The van der Waals surface area contributed by atoms with Crippen molar-refractivity contribution in [1.82, 2.24) is 9.88 Å². The number of aromatic hydroxyl groups is 1. The highest BCUT2D eigenvalue weighted by Gasteiger charge is 2.48. The molecule has 0 spiro atoms. The molecule has 1 aliphatic carbocycles. The summed E-state index contributed by atoms with van der Waals surface area (Å²) < 4.78 is 0. The molecule has 2 fully saturated rings. The number of fused-ring (bicyclic) bond motifs is 1. The quantitative estimate of drug-likeness (QED) is 0.808. The largest absolute Gasteiger partial charge is 0.506 e. The monoisotopic (exact) mass is 352 g/mol. The predicted molar refractivity (Wildman–Crippen MR) is 98.0 cm³/mol. The smallest absolute Gasteiger partial charge is 0.195 e. The average molecular weight is 352 g/mol. The lowest BCUT2D eigenvalue weighted by atomic mass is 9.91. The van der Waals surface area contributed by atoms with Gasteiger partial charge in [-0.3, -0.25) is 9.69 Å². The van der Waals surface area contributed by atoms with Crippen LogP contribution in [0.1, 0.15) is 28.9 Å². The first-order valence-corrected chi connectivity index (χ1v) is 9.18. The summed E-state index contributed by atoms with van der Waals surface area (Å²) in [5, 5.41) is 20.3. The molecule has 1 saturated heterocycles. The zero-order valence-corrected chi connectivity index (χ0v) is 14.7. The van der Waals surface area contributed by atoms with E-state index < -0.39 is 5.60 Å². The number of nitrogens with zero attached hydrogens (tertiary/aromatic N) is 2. The van der Waals surface area contributed by atoms with Gasteiger partial charge in [-0.1, -0.05) is 30.3 Å². The fourth-order valence-electron chi connectivity index (χ4n) is 4.64. The van der Waals surface area contributed by atoms with Crippen LogP contribution in [0.3, 0.4) is 0 Å². The molecular formula is C21H24N2O3. The summed E-state index contributed by atoms with van der Waals surface area (Å²) in [6, 6.07) is 13.2. The first-order chi connectivity index (χ1) is 12.5. The van der Waals surface area contributed by atoms with Crippen molar-refractivity contribution in [3.05, 3.63) is 59.9 Å². The van der Waals surface area contributed by atoms with Crippen molar-refractivity contribution in [1.29, 1.82) is 0 Å². The number of benzene rings is 1. The van der Waals surface area contributed by atoms with Crippen LogP contribution in [-0.2, 0) is 6.42 Å². The Morgan fingerprint density at radius 1 is 1.12 bits per heavy atom. The molecule has 2 aliphatic rings. The van der Waals surface area contributed by atoms with Crippen LogP contribution in [0.5, 0.6) is 5.75 Å². The van der Waals surface area contributed by atoms with E-state index in [-0.39, 0.29) is 11.5 Å². The summed E-state index contributed by atoms with van der Waals surface area (Å²) in [6.07, 6.45) is 3.61. The number of Topliss-reactive ketones (excluding diaryl/α,β-unsaturated/α-hetero) is 1. The van der Waals surface area contributed by atoms with Crippen molar-refractivity contribution >= 4 is 5.78 Å². The molecule has 1 saturated carbocycles. The van der Waals surface area contributed by atoms with Gasteiger partial charge in [0.2, 0.25) is 0 Å². The van der Waals surface area contributed by atoms with Crippen LogP contribution < -0.4 is 0 Å². The number of hydrogen-bond donors (Lipinski definition) is 2. The molecule has 1 aromatic carbocycles. The third-order valence-electron chi connectivity index (χ3n) is 5.71. The van der Waals surface area contributed by atoms with Crippen LogP contribution in [-0.4, -0.2) is 51.1 Å². The molecule has 0 radical (unpaired) electrons. The summed E-state index contributed by atoms with van der Waals surface area (Å²) in [7, 11) is 0. The Labute approximate surface area is 153 Å². The molecule has 0 bridgehead atoms. The Balaban J connectivity index is 1.33. The third kappa shape index (κ3) is 3.64. The van der Waals surface area contributed by atoms with Gasteiger partial charge < -0.3 is 10.2 Å². The van der Waals surface area contributed by atoms with E-state index in [0.29, 0.717) is 30.5 Å². The molecule has 5 heteroatoms. The molecule has 2 N–H and O–H groups in total. The van der Waals surface area contributed by atoms with E-state index in [1.54, 1.807) is 6.07 Å². The zero-order valence-electron chi connectivity index (χ0n) is 14.7. The van der Waals surface area contributed by atoms with Gasteiger partial charge in [0.25, 0.3) is 0 Å². The number of rotatable bonds is 5. The lowest BCUT2D eigenvalue weighted by Crippen LogP contribution is -2.34. The highest BCUT2D eigenvalue weighted by atomic mass is 16.3. The maximum Gasteiger partial charge on any atom is 0.195 e. The van der Waals surface area contributed by atoms with Crippen molar-refractivity contribution in [3.63, 3.8) is 0 Å². The van der Waals surface area contributed by atoms with Gasteiger partial charge in [-0.15, -0.1) is 0 Å². The molecular weight excluding hydrogens is 328 g/mol. The Morgan fingerprint density at radius 3 is 2.42 bits per heavy atom. The average Bonchev–Trinajstić information content (AvgIpc) is 3.10. The van der Waals surface area contributed by atoms with Crippen molar-refractivity contribution in [2.75, 3.05) is 19.6 Å². The third-order valence-corrected chi connectivity index (χ3v) is 5.71. The molecule has 1 aliphatic heterocycles. The zero-order chi connectivity index (χ0) is 18.1. The van der Waals surface area contributed by atoms with Gasteiger partial charge in [0, 0.05) is 19.5 Å². The molecule has 4 rings (SSSR count). The Bertz CT molecular complexity index is 762. The minimum absolute atomic E-state index is 0.0236. The number of likely N-dealkylation sites (tertiary alicyclic amines) is 1. The van der Waals surface area contributed by atoms with E-state index in [2.05, 4.69) is 22.0 Å². The van der Waals surface area contributed by atoms with Crippen molar-refractivity contribution < 1.29 is 15.0 Å². The predicted octanol–water partition coefficient (Wildman–Crippen LogP) is 2.29. The SMILES string of the molecule is O=C(CN1CC2C[C@](O)(Cc3ccccc3)C[C@H]2C1)c1ccc(O)cn1. The maximum absolute atomic E-state index is 12.4. The number of carbonyl (C=O) groups excluding carboxylic acids is 1. The van der Waals surface area contributed by atoms with Crippen LogP contribution in [0.4, 0.5) is 0 Å². The fraction of sp³-hybridized carbons (Fsp3) is 0.429. The van der Waals surface area contributed by atoms with Gasteiger partial charge in [0.15, 0.2) is 5.78 Å². The molecule has 26 heavy (non-hydrogen) atoms. The summed E-state index contributed by atoms with van der Waals surface area (Å²) in [5.74, 6) is 0.938. The summed E-state index contributed by atoms with van der Waals surface area (Å²) >= 11 is 0. The first kappa shape index (κ1) is 17.2. The standard InChI is InChI=1S/C21H24N2O3/c24-18-6-7-19(22-11-18)20(25)14-23-12-16-9-21(26,10-17(16)13-23)8-15-4-2-1-3-5-15/h1-7,11,16-17,24,26H,8-10,12-14H2/t16-,17?,21-/m0/s1. The lowest BCUT2D eigenvalue weighted by molar-refractivity contribution is 0.0355. The topological polar surface area (TPSA) is 73.7 Å². The number of pyridine rings is 1.